The van der Waals surface area contributed by atoms with Crippen LogP contribution in [0.25, 0.3) is 0 Å². The fraction of sp³-hybridized carbons (Fsp3) is 0.308. The third kappa shape index (κ3) is 2.31. The second kappa shape index (κ2) is 4.59. The number of aromatic nitrogens is 2. The summed E-state index contributed by atoms with van der Waals surface area (Å²) in [4.78, 5) is 0. The van der Waals surface area contributed by atoms with Crippen molar-refractivity contribution < 1.29 is 9.84 Å². The van der Waals surface area contributed by atoms with E-state index < -0.39 is 6.10 Å². The lowest BCUT2D eigenvalue weighted by Gasteiger charge is -2.11. The zero-order valence-corrected chi connectivity index (χ0v) is 10.2. The summed E-state index contributed by atoms with van der Waals surface area (Å²) in [7, 11) is 3.45. The van der Waals surface area contributed by atoms with Crippen LogP contribution in [0.1, 0.15) is 22.9 Å². The smallest absolute Gasteiger partial charge is 0.123 e. The van der Waals surface area contributed by atoms with Gasteiger partial charge in [-0.15, -0.1) is 0 Å². The van der Waals surface area contributed by atoms with Gasteiger partial charge in [0, 0.05) is 13.2 Å². The highest BCUT2D eigenvalue weighted by Gasteiger charge is 2.14. The fourth-order valence-corrected chi connectivity index (χ4v) is 1.76. The highest BCUT2D eigenvalue weighted by atomic mass is 16.5. The normalized spacial score (nSPS) is 12.5. The average molecular weight is 232 g/mol. The Balaban J connectivity index is 2.34. The molecule has 4 nitrogen and oxygen atoms in total. The Hall–Kier alpha value is -1.81. The average Bonchev–Trinajstić information content (AvgIpc) is 2.75. The van der Waals surface area contributed by atoms with Crippen LogP contribution >= 0.6 is 0 Å². The zero-order chi connectivity index (χ0) is 12.4. The van der Waals surface area contributed by atoms with Gasteiger partial charge in [0.1, 0.15) is 11.9 Å². The summed E-state index contributed by atoms with van der Waals surface area (Å²) in [5.41, 5.74) is 2.47. The molecule has 0 aliphatic rings. The minimum atomic E-state index is -0.717. The molecule has 0 bridgehead atoms. The van der Waals surface area contributed by atoms with Crippen molar-refractivity contribution in [3.8, 4) is 5.75 Å². The molecule has 1 aromatic heterocycles. The summed E-state index contributed by atoms with van der Waals surface area (Å²) in [6, 6.07) is 7.46. The lowest BCUT2D eigenvalue weighted by atomic mass is 10.0. The molecule has 1 heterocycles. The molecular weight excluding hydrogens is 216 g/mol. The summed E-state index contributed by atoms with van der Waals surface area (Å²) in [5, 5.41) is 14.4. The molecule has 1 N–H and O–H groups in total. The molecule has 4 heteroatoms. The van der Waals surface area contributed by atoms with E-state index in [1.54, 1.807) is 17.9 Å². The summed E-state index contributed by atoms with van der Waals surface area (Å²) >= 11 is 0. The number of aryl methyl sites for hydroxylation is 2. The van der Waals surface area contributed by atoms with Gasteiger partial charge in [0.25, 0.3) is 0 Å². The molecule has 0 spiro atoms. The van der Waals surface area contributed by atoms with Crippen molar-refractivity contribution >= 4 is 0 Å². The number of nitrogens with zero attached hydrogens (tertiary/aromatic N) is 2. The maximum Gasteiger partial charge on any atom is 0.123 e. The Morgan fingerprint density at radius 3 is 2.71 bits per heavy atom. The fourth-order valence-electron chi connectivity index (χ4n) is 1.76. The number of benzene rings is 1. The molecule has 0 aliphatic carbocycles. The molecule has 0 radical (unpaired) electrons. The third-order valence-corrected chi connectivity index (χ3v) is 2.76. The van der Waals surface area contributed by atoms with E-state index in [2.05, 4.69) is 5.10 Å². The second-order valence-electron chi connectivity index (χ2n) is 4.05. The maximum absolute atomic E-state index is 10.2. The van der Waals surface area contributed by atoms with Gasteiger partial charge in [-0.05, 0) is 30.2 Å². The van der Waals surface area contributed by atoms with Gasteiger partial charge >= 0.3 is 0 Å². The van der Waals surface area contributed by atoms with E-state index in [0.717, 1.165) is 16.9 Å². The summed E-state index contributed by atoms with van der Waals surface area (Å²) in [5.74, 6) is 0.775. The Morgan fingerprint density at radius 2 is 2.12 bits per heavy atom. The van der Waals surface area contributed by atoms with Crippen molar-refractivity contribution in [3.63, 3.8) is 0 Å². The third-order valence-electron chi connectivity index (χ3n) is 2.76. The topological polar surface area (TPSA) is 47.3 Å². The lowest BCUT2D eigenvalue weighted by Crippen LogP contribution is -2.02. The largest absolute Gasteiger partial charge is 0.496 e. The zero-order valence-electron chi connectivity index (χ0n) is 10.2. The molecule has 90 valence electrons. The monoisotopic (exact) mass is 232 g/mol. The van der Waals surface area contributed by atoms with Crippen LogP contribution in [0.5, 0.6) is 5.75 Å². The first-order valence-electron chi connectivity index (χ1n) is 5.44. The van der Waals surface area contributed by atoms with Crippen LogP contribution in [0.3, 0.4) is 0 Å². The number of aliphatic hydroxyl groups excluding tert-OH is 1. The molecular formula is C13H16N2O2. The summed E-state index contributed by atoms with van der Waals surface area (Å²) in [6.07, 6.45) is 1.09. The molecule has 0 fully saturated rings. The quantitative estimate of drug-likeness (QED) is 0.878. The number of methoxy groups -OCH3 is 1. The van der Waals surface area contributed by atoms with Crippen molar-refractivity contribution in [2.24, 2.45) is 7.05 Å². The minimum Gasteiger partial charge on any atom is -0.496 e. The molecule has 1 atom stereocenters. The molecule has 0 saturated carbocycles. The highest BCUT2D eigenvalue weighted by Crippen LogP contribution is 2.26. The van der Waals surface area contributed by atoms with Crippen molar-refractivity contribution in [1.82, 2.24) is 9.78 Å². The van der Waals surface area contributed by atoms with Gasteiger partial charge in [0.05, 0.1) is 12.8 Å². The van der Waals surface area contributed by atoms with Crippen LogP contribution in [-0.2, 0) is 7.05 Å². The van der Waals surface area contributed by atoms with Crippen molar-refractivity contribution in [1.29, 1.82) is 0 Å². The van der Waals surface area contributed by atoms with Crippen molar-refractivity contribution in [3.05, 3.63) is 47.3 Å². The number of rotatable bonds is 3. The summed E-state index contributed by atoms with van der Waals surface area (Å²) < 4.78 is 6.91. The predicted octanol–water partition coefficient (Wildman–Crippen LogP) is 1.82. The van der Waals surface area contributed by atoms with Crippen molar-refractivity contribution in [2.45, 2.75) is 13.0 Å². The first-order valence-corrected chi connectivity index (χ1v) is 5.44. The van der Waals surface area contributed by atoms with E-state index in [1.807, 2.05) is 38.4 Å². The summed E-state index contributed by atoms with van der Waals surface area (Å²) in [6.45, 7) is 1.97. The van der Waals surface area contributed by atoms with Gasteiger partial charge in [0.2, 0.25) is 0 Å². The molecule has 0 amide bonds. The standard InChI is InChI=1S/C13H16N2O2/c1-9-4-5-10(8-12(9)17-3)13(16)11-6-7-15(2)14-11/h4-8,13,16H,1-3H3. The van der Waals surface area contributed by atoms with Gasteiger partial charge in [0.15, 0.2) is 0 Å². The van der Waals surface area contributed by atoms with Crippen LogP contribution in [0.2, 0.25) is 0 Å². The van der Waals surface area contributed by atoms with Crippen LogP contribution in [0.4, 0.5) is 0 Å². The number of hydrogen-bond donors (Lipinski definition) is 1. The first kappa shape index (κ1) is 11.7. The first-order chi connectivity index (χ1) is 8.11. The Morgan fingerprint density at radius 1 is 1.35 bits per heavy atom. The number of ether oxygens (including phenoxy) is 1. The van der Waals surface area contributed by atoms with Crippen LogP contribution in [0, 0.1) is 6.92 Å². The molecule has 0 aliphatic heterocycles. The second-order valence-corrected chi connectivity index (χ2v) is 4.05. The Kier molecular flexibility index (Phi) is 3.15. The van der Waals surface area contributed by atoms with Crippen LogP contribution in [0.15, 0.2) is 30.5 Å². The van der Waals surface area contributed by atoms with Gasteiger partial charge < -0.3 is 9.84 Å². The molecule has 1 aromatic carbocycles. The van der Waals surface area contributed by atoms with E-state index in [-0.39, 0.29) is 0 Å². The van der Waals surface area contributed by atoms with Gasteiger partial charge in [-0.25, -0.2) is 0 Å². The van der Waals surface area contributed by atoms with Crippen LogP contribution in [-0.4, -0.2) is 22.0 Å². The van der Waals surface area contributed by atoms with E-state index >= 15 is 0 Å². The maximum atomic E-state index is 10.2. The number of aliphatic hydroxyl groups is 1. The van der Waals surface area contributed by atoms with Gasteiger partial charge in [-0.1, -0.05) is 12.1 Å². The van der Waals surface area contributed by atoms with E-state index in [0.29, 0.717) is 5.69 Å². The van der Waals surface area contributed by atoms with E-state index in [4.69, 9.17) is 4.74 Å². The Bertz CT molecular complexity index is 520. The van der Waals surface area contributed by atoms with Crippen LogP contribution < -0.4 is 4.74 Å². The molecule has 2 aromatic rings. The predicted molar refractivity (Wildman–Crippen MR) is 65.0 cm³/mol. The Labute approximate surface area is 100 Å². The van der Waals surface area contributed by atoms with Gasteiger partial charge in [-0.3, -0.25) is 4.68 Å². The SMILES string of the molecule is COc1cc(C(O)c2ccn(C)n2)ccc1C. The van der Waals surface area contributed by atoms with Crippen molar-refractivity contribution in [2.75, 3.05) is 7.11 Å². The lowest BCUT2D eigenvalue weighted by molar-refractivity contribution is 0.214. The molecule has 17 heavy (non-hydrogen) atoms. The highest BCUT2D eigenvalue weighted by molar-refractivity contribution is 5.39. The van der Waals surface area contributed by atoms with E-state index in [9.17, 15) is 5.11 Å². The van der Waals surface area contributed by atoms with Gasteiger partial charge in [-0.2, -0.15) is 5.10 Å². The molecule has 0 saturated heterocycles. The molecule has 1 unspecified atom stereocenters. The van der Waals surface area contributed by atoms with E-state index in [1.165, 1.54) is 0 Å². The molecule has 2 rings (SSSR count). The minimum absolute atomic E-state index is 0.637. The number of hydrogen-bond acceptors (Lipinski definition) is 3.